The number of phenolic OH excluding ortho intramolecular Hbond substituents is 2. The SMILES string of the molecule is CN(COC(C)(C)C(=O)CCc1cc(N)c(O)c(C(C)(C)C)c1)OC(=O)CCc1cc(N)c(O)c(C(C)(C)C)c1.N=C1C=CC=CC1=N.N=C1C=CC=CC1=N. The number of ketones is 1. The monoisotopic (exact) mass is 769 g/mol. The number of benzene rings is 2. The number of nitrogens with one attached hydrogen (secondary N) is 4. The van der Waals surface area contributed by atoms with Crippen molar-refractivity contribution in [1.29, 1.82) is 21.6 Å². The van der Waals surface area contributed by atoms with Gasteiger partial charge in [0.05, 0.1) is 40.6 Å². The van der Waals surface area contributed by atoms with E-state index in [4.69, 9.17) is 42.7 Å². The summed E-state index contributed by atoms with van der Waals surface area (Å²) in [7, 11) is 1.56. The number of Topliss-reactive ketones (excluding diaryl/α,β-unsaturated/α-hetero) is 1. The van der Waals surface area contributed by atoms with Crippen molar-refractivity contribution in [3.8, 4) is 11.5 Å². The summed E-state index contributed by atoms with van der Waals surface area (Å²) in [6.45, 7) is 15.2. The van der Waals surface area contributed by atoms with Gasteiger partial charge in [0.1, 0.15) is 23.8 Å². The van der Waals surface area contributed by atoms with E-state index < -0.39 is 11.6 Å². The van der Waals surface area contributed by atoms with Crippen LogP contribution in [0.15, 0.2) is 72.9 Å². The van der Waals surface area contributed by atoms with Crippen LogP contribution in [0.1, 0.15) is 90.5 Å². The van der Waals surface area contributed by atoms with Gasteiger partial charge >= 0.3 is 5.97 Å². The second-order valence-electron chi connectivity index (χ2n) is 16.1. The van der Waals surface area contributed by atoms with Gasteiger partial charge in [0.15, 0.2) is 5.78 Å². The van der Waals surface area contributed by atoms with Crippen LogP contribution in [-0.4, -0.2) is 69.3 Å². The van der Waals surface area contributed by atoms with E-state index in [1.54, 1.807) is 81.6 Å². The highest BCUT2D eigenvalue weighted by Gasteiger charge is 2.29. The Labute approximate surface area is 330 Å². The van der Waals surface area contributed by atoms with Crippen molar-refractivity contribution < 1.29 is 29.4 Å². The summed E-state index contributed by atoms with van der Waals surface area (Å²) in [5.74, 6) is -0.435. The van der Waals surface area contributed by atoms with Gasteiger partial charge in [0.25, 0.3) is 0 Å². The van der Waals surface area contributed by atoms with Gasteiger partial charge in [-0.25, -0.2) is 0 Å². The fraction of sp³-hybridized carbons (Fsp3) is 0.395. The van der Waals surface area contributed by atoms with E-state index in [1.807, 2.05) is 53.7 Å². The third kappa shape index (κ3) is 14.5. The third-order valence-corrected chi connectivity index (χ3v) is 8.66. The van der Waals surface area contributed by atoms with Crippen LogP contribution in [0.3, 0.4) is 0 Å². The van der Waals surface area contributed by atoms with E-state index in [9.17, 15) is 19.8 Å². The molecule has 0 fully saturated rings. The molecule has 0 saturated heterocycles. The summed E-state index contributed by atoms with van der Waals surface area (Å²) in [6, 6.07) is 7.09. The zero-order valence-electron chi connectivity index (χ0n) is 34.1. The lowest BCUT2D eigenvalue weighted by Crippen LogP contribution is -2.39. The molecule has 0 aliphatic heterocycles. The predicted molar refractivity (Wildman–Crippen MR) is 225 cm³/mol. The Morgan fingerprint density at radius 1 is 0.643 bits per heavy atom. The first kappa shape index (κ1) is 46.5. The van der Waals surface area contributed by atoms with Crippen molar-refractivity contribution in [3.63, 3.8) is 0 Å². The van der Waals surface area contributed by atoms with Crippen molar-refractivity contribution in [1.82, 2.24) is 5.06 Å². The normalized spacial score (nSPS) is 14.0. The number of aryl methyl sites for hydroxylation is 2. The number of nitrogen functional groups attached to an aromatic ring is 2. The molecule has 0 bridgehead atoms. The number of nitrogens with two attached hydrogens (primary N) is 2. The average molecular weight is 770 g/mol. The van der Waals surface area contributed by atoms with Crippen LogP contribution >= 0.6 is 0 Å². The number of hydrogen-bond acceptors (Lipinski definition) is 13. The van der Waals surface area contributed by atoms with Crippen LogP contribution in [0.25, 0.3) is 0 Å². The zero-order chi connectivity index (χ0) is 42.6. The minimum atomic E-state index is -1.11. The van der Waals surface area contributed by atoms with Crippen molar-refractivity contribution in [2.45, 2.75) is 97.5 Å². The predicted octanol–water partition coefficient (Wildman–Crippen LogP) is 7.44. The second-order valence-corrected chi connectivity index (χ2v) is 16.1. The first-order valence-corrected chi connectivity index (χ1v) is 18.2. The molecule has 0 radical (unpaired) electrons. The van der Waals surface area contributed by atoms with Crippen LogP contribution in [0, 0.1) is 21.6 Å². The van der Waals surface area contributed by atoms with Gasteiger partial charge in [-0.2, -0.15) is 0 Å². The maximum Gasteiger partial charge on any atom is 0.325 e. The Bertz CT molecular complexity index is 1850. The number of anilines is 2. The number of rotatable bonds is 11. The van der Waals surface area contributed by atoms with Crippen molar-refractivity contribution in [3.05, 3.63) is 95.1 Å². The highest BCUT2D eigenvalue weighted by molar-refractivity contribution is 6.49. The number of hydroxylamine groups is 2. The molecule has 4 rings (SSSR count). The number of nitrogens with zero attached hydrogens (tertiary/aromatic N) is 1. The van der Waals surface area contributed by atoms with Crippen molar-refractivity contribution in [2.24, 2.45) is 0 Å². The van der Waals surface area contributed by atoms with Gasteiger partial charge in [0, 0.05) is 24.6 Å². The Balaban J connectivity index is 0.000000550. The Hall–Kier alpha value is -5.66. The molecular weight excluding hydrogens is 711 g/mol. The maximum absolute atomic E-state index is 13.0. The largest absolute Gasteiger partial charge is 0.505 e. The van der Waals surface area contributed by atoms with Gasteiger partial charge in [-0.1, -0.05) is 78.0 Å². The molecule has 0 aromatic heterocycles. The van der Waals surface area contributed by atoms with E-state index in [1.165, 1.54) is 5.06 Å². The van der Waals surface area contributed by atoms with Gasteiger partial charge in [-0.3, -0.25) is 31.2 Å². The minimum absolute atomic E-state index is 0.0646. The Morgan fingerprint density at radius 2 is 1.00 bits per heavy atom. The third-order valence-electron chi connectivity index (χ3n) is 8.66. The first-order chi connectivity index (χ1) is 25.8. The molecule has 0 spiro atoms. The van der Waals surface area contributed by atoms with Crippen LogP contribution in [-0.2, 0) is 42.8 Å². The molecule has 56 heavy (non-hydrogen) atoms. The van der Waals surface area contributed by atoms with Gasteiger partial charge in [0.2, 0.25) is 0 Å². The van der Waals surface area contributed by atoms with E-state index in [0.29, 0.717) is 12.8 Å². The molecule has 2 aliphatic carbocycles. The quantitative estimate of drug-likeness (QED) is 0.0372. The topological polar surface area (TPSA) is 244 Å². The number of carbonyl (C=O) groups excluding carboxylic acids is 2. The molecule has 2 aromatic rings. The summed E-state index contributed by atoms with van der Waals surface area (Å²) in [4.78, 5) is 30.7. The standard InChI is InChI=1S/C31H47N3O6.2C6H6N2/c1-29(2,3)21-14-19(16-23(32)27(21)37)10-12-25(35)31(7,8)39-18-34(9)40-26(36)13-11-20-15-22(30(4,5)6)28(38)24(33)17-20;2*7-5-3-1-2-4-6(5)8/h14-17,37-38H,10-13,18,32-33H2,1-9H3;2*1-4,7-8H. The van der Waals surface area contributed by atoms with Crippen LogP contribution in [0.4, 0.5) is 11.4 Å². The molecule has 13 heteroatoms. The fourth-order valence-electron chi connectivity index (χ4n) is 5.22. The van der Waals surface area contributed by atoms with Crippen LogP contribution < -0.4 is 11.5 Å². The minimum Gasteiger partial charge on any atom is -0.505 e. The number of hydrogen-bond donors (Lipinski definition) is 8. The molecule has 10 N–H and O–H groups in total. The lowest BCUT2D eigenvalue weighted by atomic mass is 9.84. The smallest absolute Gasteiger partial charge is 0.325 e. The van der Waals surface area contributed by atoms with E-state index in [-0.39, 0.29) is 81.9 Å². The van der Waals surface area contributed by atoms with E-state index in [2.05, 4.69) is 0 Å². The highest BCUT2D eigenvalue weighted by Crippen LogP contribution is 2.37. The number of allylic oxidation sites excluding steroid dienone is 8. The van der Waals surface area contributed by atoms with Gasteiger partial charge in [-0.15, -0.1) is 5.06 Å². The van der Waals surface area contributed by atoms with Crippen LogP contribution in [0.2, 0.25) is 0 Å². The number of carbonyl (C=O) groups is 2. The van der Waals surface area contributed by atoms with Gasteiger partial charge in [-0.05, 0) is 85.1 Å². The lowest BCUT2D eigenvalue weighted by Gasteiger charge is -2.27. The molecule has 2 aliphatic rings. The van der Waals surface area contributed by atoms with Crippen LogP contribution in [0.5, 0.6) is 11.5 Å². The molecule has 0 heterocycles. The molecule has 0 unspecified atom stereocenters. The Kier molecular flexibility index (Phi) is 16.4. The molecule has 13 nitrogen and oxygen atoms in total. The van der Waals surface area contributed by atoms with Crippen molar-refractivity contribution >= 4 is 46.0 Å². The van der Waals surface area contributed by atoms with E-state index in [0.717, 1.165) is 22.3 Å². The molecule has 0 amide bonds. The maximum atomic E-state index is 13.0. The molecule has 302 valence electrons. The highest BCUT2D eigenvalue weighted by atomic mass is 16.7. The number of phenols is 2. The summed E-state index contributed by atoms with van der Waals surface area (Å²) < 4.78 is 5.80. The number of ether oxygens (including phenoxy) is 1. The summed E-state index contributed by atoms with van der Waals surface area (Å²) in [6.07, 6.45) is 14.6. The molecular formula is C43H59N7O6. The van der Waals surface area contributed by atoms with E-state index >= 15 is 0 Å². The zero-order valence-corrected chi connectivity index (χ0v) is 34.1. The second kappa shape index (κ2) is 19.8. The number of aromatic hydroxyl groups is 2. The molecule has 2 aromatic carbocycles. The molecule has 0 saturated carbocycles. The Morgan fingerprint density at radius 3 is 1.34 bits per heavy atom. The summed E-state index contributed by atoms with van der Waals surface area (Å²) in [5.41, 5.74) is 15.1. The summed E-state index contributed by atoms with van der Waals surface area (Å²) >= 11 is 0. The lowest BCUT2D eigenvalue weighted by molar-refractivity contribution is -0.217. The van der Waals surface area contributed by atoms with Crippen molar-refractivity contribution in [2.75, 3.05) is 25.2 Å². The summed E-state index contributed by atoms with van der Waals surface area (Å²) in [5, 5.41) is 50.0. The van der Waals surface area contributed by atoms with Gasteiger partial charge < -0.3 is 31.3 Å². The molecule has 0 atom stereocenters. The first-order valence-electron chi connectivity index (χ1n) is 18.2. The average Bonchev–Trinajstić information content (AvgIpc) is 3.10. The fourth-order valence-corrected chi connectivity index (χ4v) is 5.22.